The van der Waals surface area contributed by atoms with Gasteiger partial charge in [0.15, 0.2) is 5.89 Å². The summed E-state index contributed by atoms with van der Waals surface area (Å²) in [5.41, 5.74) is 1.08. The average molecular weight is 383 g/mol. The zero-order valence-corrected chi connectivity index (χ0v) is 16.6. The third-order valence-corrected chi connectivity index (χ3v) is 5.81. The third kappa shape index (κ3) is 4.38. The van der Waals surface area contributed by atoms with Gasteiger partial charge in [-0.05, 0) is 44.8 Å². The van der Waals surface area contributed by atoms with Crippen molar-refractivity contribution in [3.05, 3.63) is 47.7 Å². The van der Waals surface area contributed by atoms with Crippen molar-refractivity contribution in [1.29, 1.82) is 0 Å². The third-order valence-electron chi connectivity index (χ3n) is 5.81. The number of hydrogen-bond acceptors (Lipinski definition) is 5. The molecule has 2 saturated heterocycles. The highest BCUT2D eigenvalue weighted by atomic mass is 16.5. The molecular formula is C22H29N3O3. The molecule has 2 fully saturated rings. The second-order valence-electron chi connectivity index (χ2n) is 7.82. The number of hydrogen-bond donors (Lipinski definition) is 0. The number of methoxy groups -OCH3 is 1. The van der Waals surface area contributed by atoms with Crippen molar-refractivity contribution < 1.29 is 13.9 Å². The number of carbonyl (C=O) groups is 1. The summed E-state index contributed by atoms with van der Waals surface area (Å²) >= 11 is 0. The van der Waals surface area contributed by atoms with E-state index in [1.165, 1.54) is 12.8 Å². The molecule has 150 valence electrons. The second-order valence-corrected chi connectivity index (χ2v) is 7.82. The molecule has 6 nitrogen and oxygen atoms in total. The highest BCUT2D eigenvalue weighted by Crippen LogP contribution is 2.28. The zero-order chi connectivity index (χ0) is 19.3. The minimum absolute atomic E-state index is 0.183. The van der Waals surface area contributed by atoms with E-state index in [9.17, 15) is 4.79 Å². The fourth-order valence-corrected chi connectivity index (χ4v) is 4.27. The van der Waals surface area contributed by atoms with Crippen molar-refractivity contribution in [2.45, 2.75) is 38.0 Å². The van der Waals surface area contributed by atoms with Crippen LogP contribution in [0.5, 0.6) is 5.75 Å². The first-order chi connectivity index (χ1) is 13.7. The van der Waals surface area contributed by atoms with Crippen LogP contribution in [0.15, 0.2) is 34.9 Å². The Kier molecular flexibility index (Phi) is 5.95. The molecule has 0 aliphatic carbocycles. The van der Waals surface area contributed by atoms with Gasteiger partial charge in [-0.15, -0.1) is 0 Å². The van der Waals surface area contributed by atoms with E-state index >= 15 is 0 Å². The van der Waals surface area contributed by atoms with Crippen LogP contribution in [-0.4, -0.2) is 60.5 Å². The Labute approximate surface area is 166 Å². The zero-order valence-electron chi connectivity index (χ0n) is 16.6. The Morgan fingerprint density at radius 2 is 2.04 bits per heavy atom. The van der Waals surface area contributed by atoms with E-state index in [1.807, 2.05) is 35.4 Å². The first kappa shape index (κ1) is 19.0. The van der Waals surface area contributed by atoms with Crippen LogP contribution in [0.3, 0.4) is 0 Å². The molecule has 2 aliphatic heterocycles. The van der Waals surface area contributed by atoms with Crippen LogP contribution in [0.2, 0.25) is 0 Å². The quantitative estimate of drug-likeness (QED) is 0.767. The minimum Gasteiger partial charge on any atom is -0.496 e. The molecule has 0 saturated carbocycles. The molecular weight excluding hydrogens is 354 g/mol. The maximum Gasteiger partial charge on any atom is 0.236 e. The van der Waals surface area contributed by atoms with Gasteiger partial charge in [0, 0.05) is 25.1 Å². The number of likely N-dealkylation sites (tertiary alicyclic amines) is 2. The lowest BCUT2D eigenvalue weighted by molar-refractivity contribution is -0.133. The summed E-state index contributed by atoms with van der Waals surface area (Å²) in [6.07, 6.45) is 6.90. The molecule has 2 aromatic rings. The first-order valence-corrected chi connectivity index (χ1v) is 10.3. The summed E-state index contributed by atoms with van der Waals surface area (Å²) in [7, 11) is 1.68. The number of nitrogens with zero attached hydrogens (tertiary/aromatic N) is 3. The summed E-state index contributed by atoms with van der Waals surface area (Å²) in [6, 6.07) is 7.96. The number of ether oxygens (including phenoxy) is 1. The summed E-state index contributed by atoms with van der Waals surface area (Å²) < 4.78 is 11.5. The molecule has 1 aromatic heterocycles. The van der Waals surface area contributed by atoms with Crippen molar-refractivity contribution in [2.75, 3.05) is 39.8 Å². The molecule has 28 heavy (non-hydrogen) atoms. The Bertz CT molecular complexity index is 798. The van der Waals surface area contributed by atoms with E-state index < -0.39 is 0 Å². The number of rotatable bonds is 6. The van der Waals surface area contributed by atoms with Crippen LogP contribution in [0.25, 0.3) is 0 Å². The lowest BCUT2D eigenvalue weighted by atomic mass is 9.98. The van der Waals surface area contributed by atoms with Crippen LogP contribution in [0.1, 0.15) is 48.8 Å². The second kappa shape index (κ2) is 8.78. The number of amides is 1. The van der Waals surface area contributed by atoms with Gasteiger partial charge in [-0.2, -0.15) is 0 Å². The maximum atomic E-state index is 12.7. The maximum absolute atomic E-state index is 12.7. The van der Waals surface area contributed by atoms with Gasteiger partial charge in [-0.1, -0.05) is 18.2 Å². The molecule has 0 bridgehead atoms. The standard InChI is InChI=1S/C22H29N3O3/c1-27-20-9-3-2-7-17(20)13-19-14-23-22(28-19)18-8-6-12-25(15-18)21(26)16-24-10-4-5-11-24/h2-3,7,9,14,18H,4-6,8,10-13,15-16H2,1H3. The smallest absolute Gasteiger partial charge is 0.236 e. The number of carbonyl (C=O) groups excluding carboxylic acids is 1. The van der Waals surface area contributed by atoms with Crippen molar-refractivity contribution in [2.24, 2.45) is 0 Å². The topological polar surface area (TPSA) is 58.8 Å². The molecule has 1 amide bonds. The largest absolute Gasteiger partial charge is 0.496 e. The van der Waals surface area contributed by atoms with Gasteiger partial charge in [0.25, 0.3) is 0 Å². The average Bonchev–Trinajstić information content (AvgIpc) is 3.41. The van der Waals surface area contributed by atoms with Crippen LogP contribution >= 0.6 is 0 Å². The fourth-order valence-electron chi connectivity index (χ4n) is 4.27. The lowest BCUT2D eigenvalue weighted by Crippen LogP contribution is -2.44. The Morgan fingerprint density at radius 3 is 2.86 bits per heavy atom. The molecule has 4 rings (SSSR count). The lowest BCUT2D eigenvalue weighted by Gasteiger charge is -2.32. The van der Waals surface area contributed by atoms with E-state index in [-0.39, 0.29) is 11.8 Å². The molecule has 0 N–H and O–H groups in total. The Balaban J connectivity index is 1.38. The van der Waals surface area contributed by atoms with Crippen LogP contribution < -0.4 is 4.74 Å². The van der Waals surface area contributed by atoms with Crippen LogP contribution in [0.4, 0.5) is 0 Å². The summed E-state index contributed by atoms with van der Waals surface area (Å²) in [6.45, 7) is 4.21. The molecule has 1 atom stereocenters. The summed E-state index contributed by atoms with van der Waals surface area (Å²) in [5, 5.41) is 0. The summed E-state index contributed by atoms with van der Waals surface area (Å²) in [4.78, 5) is 21.5. The monoisotopic (exact) mass is 383 g/mol. The van der Waals surface area contributed by atoms with Gasteiger partial charge >= 0.3 is 0 Å². The van der Waals surface area contributed by atoms with Crippen LogP contribution in [-0.2, 0) is 11.2 Å². The molecule has 1 unspecified atom stereocenters. The molecule has 6 heteroatoms. The van der Waals surface area contributed by atoms with Gasteiger partial charge in [0.05, 0.1) is 25.8 Å². The Hall–Kier alpha value is -2.34. The number of piperidine rings is 1. The fraction of sp³-hybridized carbons (Fsp3) is 0.545. The summed E-state index contributed by atoms with van der Waals surface area (Å²) in [5.74, 6) is 2.87. The highest BCUT2D eigenvalue weighted by molar-refractivity contribution is 5.78. The van der Waals surface area contributed by atoms with E-state index in [0.717, 1.165) is 55.4 Å². The highest BCUT2D eigenvalue weighted by Gasteiger charge is 2.29. The predicted molar refractivity (Wildman–Crippen MR) is 107 cm³/mol. The molecule has 3 heterocycles. The van der Waals surface area contributed by atoms with Crippen LogP contribution in [0, 0.1) is 0 Å². The van der Waals surface area contributed by atoms with Crippen molar-refractivity contribution in [3.8, 4) is 5.75 Å². The van der Waals surface area contributed by atoms with Gasteiger partial charge < -0.3 is 14.1 Å². The molecule has 1 aromatic carbocycles. The first-order valence-electron chi connectivity index (χ1n) is 10.3. The number of oxazole rings is 1. The number of para-hydroxylation sites is 1. The van der Waals surface area contributed by atoms with E-state index in [1.54, 1.807) is 7.11 Å². The van der Waals surface area contributed by atoms with Gasteiger partial charge in [0.2, 0.25) is 5.91 Å². The normalized spacial score (nSPS) is 20.5. The van der Waals surface area contributed by atoms with E-state index in [2.05, 4.69) is 9.88 Å². The Morgan fingerprint density at radius 1 is 1.21 bits per heavy atom. The SMILES string of the molecule is COc1ccccc1Cc1cnc(C2CCCN(C(=O)CN3CCCC3)C2)o1. The van der Waals surface area contributed by atoms with Crippen molar-refractivity contribution in [3.63, 3.8) is 0 Å². The molecule has 0 radical (unpaired) electrons. The van der Waals surface area contributed by atoms with Crippen molar-refractivity contribution in [1.82, 2.24) is 14.8 Å². The van der Waals surface area contributed by atoms with Crippen molar-refractivity contribution >= 4 is 5.91 Å². The number of benzene rings is 1. The predicted octanol–water partition coefficient (Wildman–Crippen LogP) is 3.08. The minimum atomic E-state index is 0.183. The number of aromatic nitrogens is 1. The van der Waals surface area contributed by atoms with Gasteiger partial charge in [-0.3, -0.25) is 9.69 Å². The van der Waals surface area contributed by atoms with Gasteiger partial charge in [0.1, 0.15) is 11.5 Å². The molecule has 2 aliphatic rings. The van der Waals surface area contributed by atoms with Gasteiger partial charge in [-0.25, -0.2) is 4.98 Å². The van der Waals surface area contributed by atoms with E-state index in [4.69, 9.17) is 9.15 Å². The molecule has 0 spiro atoms. The van der Waals surface area contributed by atoms with E-state index in [0.29, 0.717) is 19.5 Å².